The highest BCUT2D eigenvalue weighted by atomic mass is 35.5. The molecule has 0 amide bonds. The number of aromatic amines is 1. The second-order valence-electron chi connectivity index (χ2n) is 6.25. The molecule has 0 fully saturated rings. The highest BCUT2D eigenvalue weighted by Gasteiger charge is 2.17. The monoisotopic (exact) mass is 405 g/mol. The minimum atomic E-state index is -0.497. The Labute approximate surface area is 167 Å². The van der Waals surface area contributed by atoms with Gasteiger partial charge in [0.2, 0.25) is 0 Å². The maximum absolute atomic E-state index is 13.2. The summed E-state index contributed by atoms with van der Waals surface area (Å²) >= 11 is 7.50. The van der Waals surface area contributed by atoms with Crippen molar-refractivity contribution >= 4 is 44.1 Å². The molecule has 5 aromatic rings. The lowest BCUT2D eigenvalue weighted by Crippen LogP contribution is -2.33. The summed E-state index contributed by atoms with van der Waals surface area (Å²) in [4.78, 5) is 33.7. The van der Waals surface area contributed by atoms with Crippen molar-refractivity contribution in [3.63, 3.8) is 0 Å². The van der Waals surface area contributed by atoms with Gasteiger partial charge >= 0.3 is 5.69 Å². The lowest BCUT2D eigenvalue weighted by atomic mass is 10.1. The van der Waals surface area contributed by atoms with E-state index in [9.17, 15) is 9.59 Å². The number of nitrogens with zero attached hydrogens (tertiary/aromatic N) is 2. The van der Waals surface area contributed by atoms with Crippen molar-refractivity contribution in [3.8, 4) is 16.3 Å². The molecule has 5 nitrogen and oxygen atoms in total. The van der Waals surface area contributed by atoms with Gasteiger partial charge in [-0.05, 0) is 17.5 Å². The molecule has 0 aliphatic carbocycles. The van der Waals surface area contributed by atoms with Crippen LogP contribution in [0.5, 0.6) is 0 Å². The third-order valence-electron chi connectivity index (χ3n) is 4.57. The fourth-order valence-corrected chi connectivity index (χ4v) is 4.54. The third-order valence-corrected chi connectivity index (χ3v) is 5.90. The Morgan fingerprint density at radius 2 is 1.68 bits per heavy atom. The number of hydrogen-bond donors (Lipinski definition) is 1. The van der Waals surface area contributed by atoms with Gasteiger partial charge in [-0.25, -0.2) is 14.3 Å². The van der Waals surface area contributed by atoms with Gasteiger partial charge in [-0.2, -0.15) is 0 Å². The van der Waals surface area contributed by atoms with Gasteiger partial charge in [0, 0.05) is 10.9 Å². The van der Waals surface area contributed by atoms with E-state index in [1.807, 2.05) is 54.6 Å². The van der Waals surface area contributed by atoms with Crippen molar-refractivity contribution < 1.29 is 0 Å². The van der Waals surface area contributed by atoms with Crippen molar-refractivity contribution in [2.45, 2.75) is 0 Å². The number of fused-ring (bicyclic) bond motifs is 2. The van der Waals surface area contributed by atoms with Crippen LogP contribution in [0.2, 0.25) is 5.02 Å². The Morgan fingerprint density at radius 1 is 0.929 bits per heavy atom. The smallest absolute Gasteiger partial charge is 0.296 e. The Morgan fingerprint density at radius 3 is 2.54 bits per heavy atom. The molecule has 1 N–H and O–H groups in total. The van der Waals surface area contributed by atoms with Crippen LogP contribution in [0.15, 0.2) is 76.3 Å². The van der Waals surface area contributed by atoms with E-state index in [1.165, 1.54) is 11.3 Å². The SMILES string of the molecule is O=c1[nH]c2sc(-c3ccccc3Cl)nc2c(=O)n1-c1cccc2ccccc12. The first kappa shape index (κ1) is 16.9. The summed E-state index contributed by atoms with van der Waals surface area (Å²) in [6, 6.07) is 20.4. The summed E-state index contributed by atoms with van der Waals surface area (Å²) in [6.45, 7) is 0. The van der Waals surface area contributed by atoms with Gasteiger partial charge in [-0.3, -0.25) is 9.78 Å². The second-order valence-corrected chi connectivity index (χ2v) is 7.65. The van der Waals surface area contributed by atoms with Gasteiger partial charge in [0.05, 0.1) is 10.7 Å². The van der Waals surface area contributed by atoms with E-state index in [0.717, 1.165) is 20.9 Å². The molecule has 0 aliphatic rings. The van der Waals surface area contributed by atoms with E-state index in [-0.39, 0.29) is 5.52 Å². The van der Waals surface area contributed by atoms with E-state index >= 15 is 0 Å². The van der Waals surface area contributed by atoms with Crippen LogP contribution in [0.25, 0.3) is 37.4 Å². The van der Waals surface area contributed by atoms with Crippen LogP contribution < -0.4 is 11.2 Å². The van der Waals surface area contributed by atoms with Gasteiger partial charge in [-0.15, -0.1) is 0 Å². The number of halogens is 1. The molecular formula is C21H12ClN3O2S. The van der Waals surface area contributed by atoms with Gasteiger partial charge in [-0.1, -0.05) is 77.5 Å². The molecule has 28 heavy (non-hydrogen) atoms. The maximum Gasteiger partial charge on any atom is 0.334 e. The van der Waals surface area contributed by atoms with Crippen molar-refractivity contribution in [3.05, 3.63) is 92.6 Å². The molecule has 0 saturated heterocycles. The number of thiazole rings is 1. The fraction of sp³-hybridized carbons (Fsp3) is 0. The van der Waals surface area contributed by atoms with Gasteiger partial charge in [0.15, 0.2) is 5.52 Å². The summed E-state index contributed by atoms with van der Waals surface area (Å²) in [5, 5.41) is 2.89. The predicted octanol–water partition coefficient (Wildman–Crippen LogP) is 4.61. The average molecular weight is 406 g/mol. The first-order chi connectivity index (χ1) is 13.6. The molecule has 7 heteroatoms. The zero-order chi connectivity index (χ0) is 19.3. The minimum Gasteiger partial charge on any atom is -0.296 e. The quantitative estimate of drug-likeness (QED) is 0.466. The van der Waals surface area contributed by atoms with Crippen molar-refractivity contribution in [1.29, 1.82) is 0 Å². The summed E-state index contributed by atoms with van der Waals surface area (Å²) in [7, 11) is 0. The lowest BCUT2D eigenvalue weighted by Gasteiger charge is -2.08. The summed E-state index contributed by atoms with van der Waals surface area (Å²) in [6.07, 6.45) is 0. The molecule has 0 aliphatic heterocycles. The van der Waals surface area contributed by atoms with Gasteiger partial charge in [0.1, 0.15) is 9.84 Å². The Bertz CT molecular complexity index is 1480. The molecule has 2 aromatic heterocycles. The number of hydrogen-bond acceptors (Lipinski definition) is 4. The maximum atomic E-state index is 13.2. The Hall–Kier alpha value is -3.22. The molecule has 0 spiro atoms. The van der Waals surface area contributed by atoms with E-state index in [4.69, 9.17) is 11.6 Å². The summed E-state index contributed by atoms with van der Waals surface area (Å²) in [5.74, 6) is 0. The van der Waals surface area contributed by atoms with Crippen molar-refractivity contribution in [2.75, 3.05) is 0 Å². The molecule has 0 unspecified atom stereocenters. The van der Waals surface area contributed by atoms with E-state index < -0.39 is 11.2 Å². The molecule has 136 valence electrons. The zero-order valence-electron chi connectivity index (χ0n) is 14.3. The van der Waals surface area contributed by atoms with Crippen LogP contribution in [0, 0.1) is 0 Å². The zero-order valence-corrected chi connectivity index (χ0v) is 15.9. The first-order valence-electron chi connectivity index (χ1n) is 8.52. The van der Waals surface area contributed by atoms with E-state index in [0.29, 0.717) is 20.5 Å². The van der Waals surface area contributed by atoms with Crippen molar-refractivity contribution in [1.82, 2.24) is 14.5 Å². The average Bonchev–Trinajstić information content (AvgIpc) is 3.12. The summed E-state index contributed by atoms with van der Waals surface area (Å²) < 4.78 is 1.14. The topological polar surface area (TPSA) is 67.8 Å². The summed E-state index contributed by atoms with van der Waals surface area (Å²) in [5.41, 5.74) is 0.515. The lowest BCUT2D eigenvalue weighted by molar-refractivity contribution is 0.907. The normalized spacial score (nSPS) is 11.3. The number of nitrogens with one attached hydrogen (secondary N) is 1. The highest BCUT2D eigenvalue weighted by molar-refractivity contribution is 7.21. The van der Waals surface area contributed by atoms with Crippen LogP contribution in [0.4, 0.5) is 0 Å². The first-order valence-corrected chi connectivity index (χ1v) is 9.72. The van der Waals surface area contributed by atoms with Crippen LogP contribution >= 0.6 is 22.9 Å². The fourth-order valence-electron chi connectivity index (χ4n) is 3.27. The molecule has 0 atom stereocenters. The number of H-pyrrole nitrogens is 1. The third kappa shape index (κ3) is 2.58. The minimum absolute atomic E-state index is 0.215. The Kier molecular flexibility index (Phi) is 3.89. The standard InChI is InChI=1S/C21H12ClN3O2S/c22-15-10-4-3-9-14(15)18-23-17-19(28-18)24-21(27)25(20(17)26)16-11-5-7-12-6-1-2-8-13(12)16/h1-11H,(H,24,27). The molecule has 5 rings (SSSR count). The number of aromatic nitrogens is 3. The largest absolute Gasteiger partial charge is 0.334 e. The van der Waals surface area contributed by atoms with E-state index in [2.05, 4.69) is 9.97 Å². The highest BCUT2D eigenvalue weighted by Crippen LogP contribution is 2.32. The van der Waals surface area contributed by atoms with Crippen LogP contribution in [0.1, 0.15) is 0 Å². The molecule has 0 radical (unpaired) electrons. The van der Waals surface area contributed by atoms with Crippen LogP contribution in [0.3, 0.4) is 0 Å². The van der Waals surface area contributed by atoms with Gasteiger partial charge in [0.25, 0.3) is 5.56 Å². The molecule has 2 heterocycles. The molecule has 0 bridgehead atoms. The van der Waals surface area contributed by atoms with Crippen LogP contribution in [-0.2, 0) is 0 Å². The van der Waals surface area contributed by atoms with E-state index in [1.54, 1.807) is 12.1 Å². The molecule has 3 aromatic carbocycles. The Balaban J connectivity index is 1.81. The van der Waals surface area contributed by atoms with Crippen molar-refractivity contribution in [2.24, 2.45) is 0 Å². The predicted molar refractivity (Wildman–Crippen MR) is 114 cm³/mol. The number of benzene rings is 3. The van der Waals surface area contributed by atoms with Gasteiger partial charge < -0.3 is 0 Å². The molecular weight excluding hydrogens is 394 g/mol. The second kappa shape index (κ2) is 6.44. The molecule has 0 saturated carbocycles. The number of rotatable bonds is 2. The van der Waals surface area contributed by atoms with Crippen LogP contribution in [-0.4, -0.2) is 14.5 Å².